The SMILES string of the molecule is CCC(C)(C)C(=O)OCCC(=O)OCC1(O)C2CC3CC(C2)CC1C3. The van der Waals surface area contributed by atoms with Crippen LogP contribution in [0.5, 0.6) is 0 Å². The van der Waals surface area contributed by atoms with Crippen molar-refractivity contribution < 1.29 is 24.2 Å². The van der Waals surface area contributed by atoms with E-state index in [1.54, 1.807) is 0 Å². The van der Waals surface area contributed by atoms with Crippen LogP contribution in [-0.2, 0) is 19.1 Å². The molecule has 4 fully saturated rings. The second-order valence-corrected chi connectivity index (χ2v) is 9.08. The zero-order valence-electron chi connectivity index (χ0n) is 15.8. The summed E-state index contributed by atoms with van der Waals surface area (Å²) in [4.78, 5) is 23.9. The lowest BCUT2D eigenvalue weighted by Gasteiger charge is -2.58. The maximum Gasteiger partial charge on any atom is 0.311 e. The van der Waals surface area contributed by atoms with Crippen LogP contribution in [0.15, 0.2) is 0 Å². The molecule has 0 atom stereocenters. The molecule has 0 amide bonds. The van der Waals surface area contributed by atoms with Crippen LogP contribution >= 0.6 is 0 Å². The number of carbonyl (C=O) groups is 2. The van der Waals surface area contributed by atoms with E-state index in [0.29, 0.717) is 6.42 Å². The Morgan fingerprint density at radius 3 is 2.12 bits per heavy atom. The average molecular weight is 352 g/mol. The van der Waals surface area contributed by atoms with E-state index in [-0.39, 0.29) is 37.4 Å². The Balaban J connectivity index is 1.43. The van der Waals surface area contributed by atoms with Crippen molar-refractivity contribution in [1.29, 1.82) is 0 Å². The molecule has 4 rings (SSSR count). The van der Waals surface area contributed by atoms with Crippen LogP contribution in [0, 0.1) is 29.1 Å². The predicted molar refractivity (Wildman–Crippen MR) is 92.6 cm³/mol. The van der Waals surface area contributed by atoms with Crippen LogP contribution in [0.3, 0.4) is 0 Å². The van der Waals surface area contributed by atoms with Gasteiger partial charge in [0.15, 0.2) is 0 Å². The van der Waals surface area contributed by atoms with Crippen molar-refractivity contribution in [3.8, 4) is 0 Å². The van der Waals surface area contributed by atoms with Crippen molar-refractivity contribution in [1.82, 2.24) is 0 Å². The summed E-state index contributed by atoms with van der Waals surface area (Å²) < 4.78 is 10.6. The molecule has 4 saturated carbocycles. The summed E-state index contributed by atoms with van der Waals surface area (Å²) in [6.07, 6.45) is 6.35. The molecular formula is C20H32O5. The average Bonchev–Trinajstić information content (AvgIpc) is 2.57. The molecule has 142 valence electrons. The van der Waals surface area contributed by atoms with Crippen molar-refractivity contribution >= 4 is 11.9 Å². The molecule has 0 unspecified atom stereocenters. The summed E-state index contributed by atoms with van der Waals surface area (Å²) in [5, 5.41) is 11.1. The number of hydrogen-bond donors (Lipinski definition) is 1. The Hall–Kier alpha value is -1.10. The fourth-order valence-corrected chi connectivity index (χ4v) is 5.07. The topological polar surface area (TPSA) is 72.8 Å². The number of rotatable bonds is 7. The van der Waals surface area contributed by atoms with Gasteiger partial charge in [0, 0.05) is 0 Å². The molecule has 0 radical (unpaired) electrons. The number of carbonyl (C=O) groups excluding carboxylic acids is 2. The molecular weight excluding hydrogens is 320 g/mol. The van der Waals surface area contributed by atoms with Crippen molar-refractivity contribution in [3.63, 3.8) is 0 Å². The van der Waals surface area contributed by atoms with Gasteiger partial charge in [0.25, 0.3) is 0 Å². The van der Waals surface area contributed by atoms with Crippen LogP contribution in [0.25, 0.3) is 0 Å². The Kier molecular flexibility index (Phi) is 5.16. The maximum atomic E-state index is 12.0. The first-order chi connectivity index (χ1) is 11.7. The highest BCUT2D eigenvalue weighted by atomic mass is 16.6. The Bertz CT molecular complexity index is 496. The first-order valence-electron chi connectivity index (χ1n) is 9.80. The number of esters is 2. The fourth-order valence-electron chi connectivity index (χ4n) is 5.07. The first-order valence-corrected chi connectivity index (χ1v) is 9.80. The lowest BCUT2D eigenvalue weighted by molar-refractivity contribution is -0.203. The lowest BCUT2D eigenvalue weighted by Crippen LogP contribution is -2.60. The Labute approximate surface area is 150 Å². The molecule has 0 aromatic carbocycles. The minimum atomic E-state index is -0.843. The van der Waals surface area contributed by atoms with Crippen molar-refractivity contribution in [2.24, 2.45) is 29.1 Å². The van der Waals surface area contributed by atoms with Gasteiger partial charge < -0.3 is 14.6 Å². The predicted octanol–water partition coefficient (Wildman–Crippen LogP) is 3.09. The largest absolute Gasteiger partial charge is 0.465 e. The molecule has 0 heterocycles. The van der Waals surface area contributed by atoms with E-state index in [4.69, 9.17) is 9.47 Å². The molecule has 5 nitrogen and oxygen atoms in total. The third-order valence-corrected chi connectivity index (χ3v) is 6.99. The van der Waals surface area contributed by atoms with Gasteiger partial charge in [-0.25, -0.2) is 0 Å². The zero-order chi connectivity index (χ0) is 18.2. The zero-order valence-corrected chi connectivity index (χ0v) is 15.8. The van der Waals surface area contributed by atoms with Gasteiger partial charge in [0.05, 0.1) is 11.8 Å². The van der Waals surface area contributed by atoms with Gasteiger partial charge in [0.2, 0.25) is 0 Å². The standard InChI is InChI=1S/C20H32O5/c1-4-19(2,3)18(22)24-6-5-17(21)25-12-20(23)15-8-13-7-14(10-15)11-16(20)9-13/h13-16,23H,4-12H2,1-3H3. The van der Waals surface area contributed by atoms with Gasteiger partial charge in [-0.05, 0) is 76.0 Å². The molecule has 4 aliphatic rings. The summed E-state index contributed by atoms with van der Waals surface area (Å²) >= 11 is 0. The van der Waals surface area contributed by atoms with Crippen LogP contribution in [0.1, 0.15) is 65.7 Å². The normalized spacial score (nSPS) is 36.3. The third kappa shape index (κ3) is 3.71. The van der Waals surface area contributed by atoms with Crippen molar-refractivity contribution in [2.75, 3.05) is 13.2 Å². The summed E-state index contributed by atoms with van der Waals surface area (Å²) in [7, 11) is 0. The molecule has 25 heavy (non-hydrogen) atoms. The van der Waals surface area contributed by atoms with Gasteiger partial charge in [-0.1, -0.05) is 6.92 Å². The Morgan fingerprint density at radius 2 is 1.60 bits per heavy atom. The highest BCUT2D eigenvalue weighted by Gasteiger charge is 2.57. The molecule has 4 aliphatic carbocycles. The van der Waals surface area contributed by atoms with E-state index in [1.165, 1.54) is 6.42 Å². The number of hydrogen-bond acceptors (Lipinski definition) is 5. The second kappa shape index (κ2) is 6.90. The van der Waals surface area contributed by atoms with Gasteiger partial charge in [0.1, 0.15) is 18.8 Å². The van der Waals surface area contributed by atoms with Gasteiger partial charge >= 0.3 is 11.9 Å². The highest BCUT2D eigenvalue weighted by molar-refractivity contribution is 5.76. The van der Waals surface area contributed by atoms with Gasteiger partial charge in [-0.15, -0.1) is 0 Å². The number of ether oxygens (including phenoxy) is 2. The number of aliphatic hydroxyl groups is 1. The monoisotopic (exact) mass is 352 g/mol. The van der Waals surface area contributed by atoms with E-state index in [1.807, 2.05) is 20.8 Å². The van der Waals surface area contributed by atoms with E-state index >= 15 is 0 Å². The van der Waals surface area contributed by atoms with Crippen molar-refractivity contribution in [2.45, 2.75) is 71.3 Å². The molecule has 0 aliphatic heterocycles. The third-order valence-electron chi connectivity index (χ3n) is 6.99. The van der Waals surface area contributed by atoms with E-state index in [2.05, 4.69) is 0 Å². The summed E-state index contributed by atoms with van der Waals surface area (Å²) in [6, 6.07) is 0. The maximum absolute atomic E-state index is 12.0. The van der Waals surface area contributed by atoms with Crippen LogP contribution in [0.4, 0.5) is 0 Å². The van der Waals surface area contributed by atoms with Gasteiger partial charge in [-0.2, -0.15) is 0 Å². The van der Waals surface area contributed by atoms with Crippen LogP contribution < -0.4 is 0 Å². The molecule has 0 aromatic heterocycles. The first kappa shape index (κ1) is 18.7. The van der Waals surface area contributed by atoms with E-state index < -0.39 is 17.0 Å². The van der Waals surface area contributed by atoms with Crippen LogP contribution in [0.2, 0.25) is 0 Å². The van der Waals surface area contributed by atoms with Gasteiger partial charge in [-0.3, -0.25) is 9.59 Å². The van der Waals surface area contributed by atoms with E-state index in [0.717, 1.165) is 37.5 Å². The highest BCUT2D eigenvalue weighted by Crippen LogP contribution is 2.58. The molecule has 4 bridgehead atoms. The molecule has 1 N–H and O–H groups in total. The molecule has 0 saturated heterocycles. The summed E-state index contributed by atoms with van der Waals surface area (Å²) in [5.74, 6) is 1.39. The summed E-state index contributed by atoms with van der Waals surface area (Å²) in [6.45, 7) is 5.72. The Morgan fingerprint density at radius 1 is 1.04 bits per heavy atom. The molecule has 0 spiro atoms. The smallest absolute Gasteiger partial charge is 0.311 e. The minimum absolute atomic E-state index is 0.0382. The van der Waals surface area contributed by atoms with Crippen LogP contribution in [-0.4, -0.2) is 35.9 Å². The lowest BCUT2D eigenvalue weighted by atomic mass is 9.50. The summed E-state index contributed by atoms with van der Waals surface area (Å²) in [5.41, 5.74) is -1.37. The quantitative estimate of drug-likeness (QED) is 0.713. The minimum Gasteiger partial charge on any atom is -0.465 e. The second-order valence-electron chi connectivity index (χ2n) is 9.08. The molecule has 5 heteroatoms. The van der Waals surface area contributed by atoms with E-state index in [9.17, 15) is 14.7 Å². The van der Waals surface area contributed by atoms with Crippen molar-refractivity contribution in [3.05, 3.63) is 0 Å². The fraction of sp³-hybridized carbons (Fsp3) is 0.900. The molecule has 0 aromatic rings.